The van der Waals surface area contributed by atoms with Gasteiger partial charge in [0.25, 0.3) is 0 Å². The molecule has 0 aliphatic carbocycles. The summed E-state index contributed by atoms with van der Waals surface area (Å²) in [6.07, 6.45) is 29.3. The molecule has 1 aromatic heterocycles. The van der Waals surface area contributed by atoms with E-state index in [0.717, 1.165) is 10.7 Å². The summed E-state index contributed by atoms with van der Waals surface area (Å²) in [5.41, 5.74) is 3.77. The highest BCUT2D eigenvalue weighted by molar-refractivity contribution is 8.76. The minimum absolute atomic E-state index is 1.06. The van der Waals surface area contributed by atoms with Crippen molar-refractivity contribution in [2.24, 2.45) is 0 Å². The van der Waals surface area contributed by atoms with Gasteiger partial charge in [-0.2, -0.15) is 0 Å². The number of aromatic amines is 1. The minimum atomic E-state index is 1.06. The highest BCUT2D eigenvalue weighted by Crippen LogP contribution is 2.31. The average molecular weight is 519 g/mol. The largest absolute Gasteiger partial charge is 0.332 e. The Hall–Kier alpha value is -0.610. The molecule has 1 N–H and O–H groups in total. The molecule has 0 unspecified atom stereocenters. The van der Waals surface area contributed by atoms with Crippen LogP contribution in [0.4, 0.5) is 0 Å². The summed E-state index contributed by atoms with van der Waals surface area (Å²) in [7, 11) is 3.77. The number of aryl methyl sites for hydroxylation is 1. The number of hydrogen-bond acceptors (Lipinski definition) is 3. The first-order valence-electron chi connectivity index (χ1n) is 15.1. The number of fused-ring (bicyclic) bond motifs is 1. The van der Waals surface area contributed by atoms with Gasteiger partial charge in [0.2, 0.25) is 0 Å². The molecule has 0 aliphatic heterocycles. The Balaban J connectivity index is 1.49. The van der Waals surface area contributed by atoms with E-state index in [0.29, 0.717) is 0 Å². The van der Waals surface area contributed by atoms with Gasteiger partial charge in [-0.1, -0.05) is 146 Å². The molecule has 0 fully saturated rings. The summed E-state index contributed by atoms with van der Waals surface area (Å²) in [5.74, 6) is 1.22. The van der Waals surface area contributed by atoms with Crippen molar-refractivity contribution in [3.63, 3.8) is 0 Å². The minimum Gasteiger partial charge on any atom is -0.332 e. The number of benzene rings is 1. The number of hydrogen-bond donors (Lipinski definition) is 1. The van der Waals surface area contributed by atoms with Crippen LogP contribution in [0, 0.1) is 0 Å². The van der Waals surface area contributed by atoms with E-state index in [1.54, 1.807) is 0 Å². The first-order chi connectivity index (χ1) is 17.3. The number of H-pyrrole nitrogens is 1. The van der Waals surface area contributed by atoms with Crippen molar-refractivity contribution in [3.05, 3.63) is 23.8 Å². The lowest BCUT2D eigenvalue weighted by Crippen LogP contribution is -1.87. The van der Waals surface area contributed by atoms with E-state index in [4.69, 9.17) is 4.98 Å². The molecule has 4 heteroatoms. The zero-order valence-corrected chi connectivity index (χ0v) is 24.7. The van der Waals surface area contributed by atoms with Crippen molar-refractivity contribution in [2.75, 3.05) is 5.75 Å². The Morgan fingerprint density at radius 3 is 1.71 bits per heavy atom. The molecule has 0 saturated carbocycles. The molecule has 0 spiro atoms. The maximum Gasteiger partial charge on any atom is 0.177 e. The van der Waals surface area contributed by atoms with Crippen molar-refractivity contribution >= 4 is 32.6 Å². The number of nitrogens with zero attached hydrogens (tertiary/aromatic N) is 1. The lowest BCUT2D eigenvalue weighted by atomic mass is 10.0. The molecule has 1 heterocycles. The SMILES string of the molecule is CCCCCCCCCCCCSSc1nc2ccc(CCCCCCCCCCCC)cc2[nH]1. The van der Waals surface area contributed by atoms with Gasteiger partial charge in [-0.15, -0.1) is 0 Å². The fourth-order valence-corrected chi connectivity index (χ4v) is 6.77. The average Bonchev–Trinajstić information content (AvgIpc) is 3.28. The normalized spacial score (nSPS) is 11.6. The third-order valence-corrected chi connectivity index (χ3v) is 9.31. The maximum atomic E-state index is 4.79. The van der Waals surface area contributed by atoms with Gasteiger partial charge in [-0.25, -0.2) is 4.98 Å². The molecular formula is C31H54N2S2. The van der Waals surface area contributed by atoms with Crippen LogP contribution in [0.15, 0.2) is 23.4 Å². The van der Waals surface area contributed by atoms with Crippen molar-refractivity contribution in [1.82, 2.24) is 9.97 Å². The smallest absolute Gasteiger partial charge is 0.177 e. The summed E-state index contributed by atoms with van der Waals surface area (Å²) >= 11 is 0. The number of unbranched alkanes of at least 4 members (excludes halogenated alkanes) is 18. The van der Waals surface area contributed by atoms with E-state index in [1.165, 1.54) is 152 Å². The van der Waals surface area contributed by atoms with Crippen LogP contribution < -0.4 is 0 Å². The summed E-state index contributed by atoms with van der Waals surface area (Å²) in [6, 6.07) is 6.81. The molecule has 0 atom stereocenters. The molecule has 2 nitrogen and oxygen atoms in total. The number of imidazole rings is 1. The van der Waals surface area contributed by atoms with E-state index < -0.39 is 0 Å². The summed E-state index contributed by atoms with van der Waals surface area (Å²) < 4.78 is 0. The van der Waals surface area contributed by atoms with Crippen LogP contribution in [0.25, 0.3) is 11.0 Å². The summed E-state index contributed by atoms with van der Waals surface area (Å²) in [4.78, 5) is 8.33. The van der Waals surface area contributed by atoms with Crippen molar-refractivity contribution in [3.8, 4) is 0 Å². The molecule has 1 aromatic carbocycles. The van der Waals surface area contributed by atoms with Crippen LogP contribution >= 0.6 is 21.6 Å². The second-order valence-electron chi connectivity index (χ2n) is 10.4. The molecule has 0 bridgehead atoms. The lowest BCUT2D eigenvalue weighted by Gasteiger charge is -2.03. The second-order valence-corrected chi connectivity index (χ2v) is 12.8. The Bertz CT molecular complexity index is 743. The fraction of sp³-hybridized carbons (Fsp3) is 0.774. The van der Waals surface area contributed by atoms with Gasteiger partial charge in [-0.3, -0.25) is 0 Å². The van der Waals surface area contributed by atoms with E-state index in [9.17, 15) is 0 Å². The van der Waals surface area contributed by atoms with Gasteiger partial charge in [0, 0.05) is 5.75 Å². The van der Waals surface area contributed by atoms with Gasteiger partial charge in [0.15, 0.2) is 5.16 Å². The molecule has 0 amide bonds. The number of aromatic nitrogens is 2. The van der Waals surface area contributed by atoms with Crippen LogP contribution in [0.3, 0.4) is 0 Å². The highest BCUT2D eigenvalue weighted by Gasteiger charge is 2.05. The molecule has 0 aliphatic rings. The van der Waals surface area contributed by atoms with Crippen LogP contribution in [0.1, 0.15) is 148 Å². The van der Waals surface area contributed by atoms with Crippen LogP contribution in [-0.4, -0.2) is 15.7 Å². The quantitative estimate of drug-likeness (QED) is 0.111. The molecule has 200 valence electrons. The Labute approximate surface area is 225 Å². The van der Waals surface area contributed by atoms with Gasteiger partial charge < -0.3 is 4.98 Å². The number of rotatable bonds is 24. The van der Waals surface area contributed by atoms with Gasteiger partial charge >= 0.3 is 0 Å². The molecular weight excluding hydrogens is 464 g/mol. The first kappa shape index (κ1) is 30.6. The zero-order valence-electron chi connectivity index (χ0n) is 23.1. The highest BCUT2D eigenvalue weighted by atomic mass is 33.1. The third kappa shape index (κ3) is 15.3. The molecule has 35 heavy (non-hydrogen) atoms. The van der Waals surface area contributed by atoms with Crippen molar-refractivity contribution in [1.29, 1.82) is 0 Å². The molecule has 2 aromatic rings. The van der Waals surface area contributed by atoms with Crippen molar-refractivity contribution in [2.45, 2.75) is 154 Å². The Morgan fingerprint density at radius 2 is 1.14 bits per heavy atom. The monoisotopic (exact) mass is 518 g/mol. The predicted octanol–water partition coefficient (Wildman–Crippen LogP) is 11.7. The van der Waals surface area contributed by atoms with Crippen LogP contribution in [0.2, 0.25) is 0 Å². The zero-order chi connectivity index (χ0) is 24.8. The topological polar surface area (TPSA) is 28.7 Å². The summed E-state index contributed by atoms with van der Waals surface area (Å²) in [6.45, 7) is 4.59. The molecule has 0 radical (unpaired) electrons. The van der Waals surface area contributed by atoms with Crippen LogP contribution in [0.5, 0.6) is 0 Å². The van der Waals surface area contributed by atoms with Crippen molar-refractivity contribution < 1.29 is 0 Å². The van der Waals surface area contributed by atoms with E-state index in [2.05, 4.69) is 37.0 Å². The van der Waals surface area contributed by atoms with E-state index in [-0.39, 0.29) is 0 Å². The van der Waals surface area contributed by atoms with Crippen LogP contribution in [-0.2, 0) is 6.42 Å². The third-order valence-electron chi connectivity index (χ3n) is 7.06. The standard InChI is InChI=1S/C31H54N2S2/c1-3-5-7-9-11-13-15-17-19-21-23-28-24-25-29-30(27-28)33-31(32-29)35-34-26-22-20-18-16-14-12-10-8-6-4-2/h24-25,27H,3-23,26H2,1-2H3,(H,32,33). The van der Waals surface area contributed by atoms with Gasteiger partial charge in [0.05, 0.1) is 11.0 Å². The molecule has 0 saturated heterocycles. The number of nitrogens with one attached hydrogen (secondary N) is 1. The summed E-state index contributed by atoms with van der Waals surface area (Å²) in [5, 5.41) is 1.06. The fourth-order valence-electron chi connectivity index (χ4n) is 4.79. The molecule has 2 rings (SSSR count). The van der Waals surface area contributed by atoms with E-state index in [1.807, 2.05) is 21.6 Å². The van der Waals surface area contributed by atoms with Gasteiger partial charge in [0.1, 0.15) is 0 Å². The Kier molecular flexibility index (Phi) is 18.8. The van der Waals surface area contributed by atoms with E-state index >= 15 is 0 Å². The maximum absolute atomic E-state index is 4.79. The Morgan fingerprint density at radius 1 is 0.629 bits per heavy atom. The second kappa shape index (κ2) is 21.5. The van der Waals surface area contributed by atoms with Gasteiger partial charge in [-0.05, 0) is 47.8 Å². The lowest BCUT2D eigenvalue weighted by molar-refractivity contribution is 0.556. The first-order valence-corrected chi connectivity index (χ1v) is 17.4. The predicted molar refractivity (Wildman–Crippen MR) is 162 cm³/mol.